The Morgan fingerprint density at radius 2 is 2.00 bits per heavy atom. The standard InChI is InChI=1S/C21H32N6O2.HI/c1-3-26-11-4-5-18(26)14-25-21(22-2)24-13-16-6-8-17(9-7-16)20(29)27-12-10-23-19(28)15-27;/h6-9,18H,3-5,10-15H2,1-2H3,(H,23,28)(H2,22,24,25);1H. The van der Waals surface area contributed by atoms with Crippen LogP contribution in [0.2, 0.25) is 0 Å². The van der Waals surface area contributed by atoms with E-state index in [0.29, 0.717) is 31.2 Å². The second-order valence-electron chi connectivity index (χ2n) is 7.50. The molecule has 1 aromatic rings. The van der Waals surface area contributed by atoms with Gasteiger partial charge in [0.1, 0.15) is 0 Å². The average Bonchev–Trinajstić information content (AvgIpc) is 3.21. The molecule has 3 rings (SSSR count). The Morgan fingerprint density at radius 1 is 1.23 bits per heavy atom. The van der Waals surface area contributed by atoms with Crippen molar-refractivity contribution in [1.29, 1.82) is 0 Å². The van der Waals surface area contributed by atoms with Gasteiger partial charge in [-0.3, -0.25) is 19.5 Å². The number of hydrogen-bond acceptors (Lipinski definition) is 4. The molecular weight excluding hydrogens is 495 g/mol. The van der Waals surface area contributed by atoms with E-state index in [4.69, 9.17) is 0 Å². The third-order valence-electron chi connectivity index (χ3n) is 5.62. The van der Waals surface area contributed by atoms with Gasteiger partial charge in [0, 0.05) is 44.8 Å². The molecule has 2 aliphatic heterocycles. The monoisotopic (exact) mass is 528 g/mol. The summed E-state index contributed by atoms with van der Waals surface area (Å²) in [5.74, 6) is 0.574. The molecule has 0 radical (unpaired) electrons. The zero-order valence-corrected chi connectivity index (χ0v) is 20.1. The van der Waals surface area contributed by atoms with E-state index in [-0.39, 0.29) is 42.3 Å². The number of likely N-dealkylation sites (tertiary alicyclic amines) is 1. The number of carbonyl (C=O) groups excluding carboxylic acids is 2. The second kappa shape index (κ2) is 12.1. The SMILES string of the molecule is CCN1CCCC1CNC(=NC)NCc1ccc(C(=O)N2CCNC(=O)C2)cc1.I. The summed E-state index contributed by atoms with van der Waals surface area (Å²) in [7, 11) is 1.78. The molecule has 0 aromatic heterocycles. The number of carbonyl (C=O) groups is 2. The number of amides is 2. The summed E-state index contributed by atoms with van der Waals surface area (Å²) in [6, 6.07) is 8.08. The molecule has 2 fully saturated rings. The number of nitrogens with zero attached hydrogens (tertiary/aromatic N) is 3. The lowest BCUT2D eigenvalue weighted by Gasteiger charge is -2.26. The van der Waals surface area contributed by atoms with Crippen LogP contribution in [0.1, 0.15) is 35.7 Å². The maximum atomic E-state index is 12.5. The lowest BCUT2D eigenvalue weighted by molar-refractivity contribution is -0.123. The lowest BCUT2D eigenvalue weighted by atomic mass is 10.1. The molecule has 0 spiro atoms. The Balaban J connectivity index is 0.00000320. The van der Waals surface area contributed by atoms with Crippen LogP contribution in [0.4, 0.5) is 0 Å². The van der Waals surface area contributed by atoms with Crippen LogP contribution >= 0.6 is 24.0 Å². The Bertz CT molecular complexity index is 740. The number of piperazine rings is 1. The van der Waals surface area contributed by atoms with E-state index in [9.17, 15) is 9.59 Å². The summed E-state index contributed by atoms with van der Waals surface area (Å²) in [5.41, 5.74) is 1.67. The fraction of sp³-hybridized carbons (Fsp3) is 0.571. The molecule has 0 bridgehead atoms. The average molecular weight is 528 g/mol. The first kappa shape index (κ1) is 24.4. The summed E-state index contributed by atoms with van der Waals surface area (Å²) in [6.07, 6.45) is 2.49. The highest BCUT2D eigenvalue weighted by molar-refractivity contribution is 14.0. The normalized spacial score (nSPS) is 19.8. The number of guanidine groups is 1. The summed E-state index contributed by atoms with van der Waals surface area (Å²) >= 11 is 0. The fourth-order valence-corrected chi connectivity index (χ4v) is 3.92. The molecule has 2 aliphatic rings. The van der Waals surface area contributed by atoms with Gasteiger partial charge in [-0.2, -0.15) is 0 Å². The van der Waals surface area contributed by atoms with Crippen LogP contribution in [0, 0.1) is 0 Å². The predicted octanol–water partition coefficient (Wildman–Crippen LogP) is 1.03. The van der Waals surface area contributed by atoms with Crippen molar-refractivity contribution in [2.24, 2.45) is 4.99 Å². The van der Waals surface area contributed by atoms with E-state index in [1.807, 2.05) is 24.3 Å². The van der Waals surface area contributed by atoms with Crippen molar-refractivity contribution in [2.45, 2.75) is 32.4 Å². The zero-order valence-electron chi connectivity index (χ0n) is 17.8. The van der Waals surface area contributed by atoms with E-state index in [2.05, 4.69) is 32.8 Å². The van der Waals surface area contributed by atoms with Crippen LogP contribution in [0.3, 0.4) is 0 Å². The third kappa shape index (κ3) is 6.56. The maximum Gasteiger partial charge on any atom is 0.254 e. The summed E-state index contributed by atoms with van der Waals surface area (Å²) in [6.45, 7) is 7.18. The molecule has 30 heavy (non-hydrogen) atoms. The van der Waals surface area contributed by atoms with Gasteiger partial charge in [0.2, 0.25) is 5.91 Å². The quantitative estimate of drug-likeness (QED) is 0.292. The van der Waals surface area contributed by atoms with E-state index in [0.717, 1.165) is 24.6 Å². The molecule has 9 heteroatoms. The van der Waals surface area contributed by atoms with Gasteiger partial charge in [-0.1, -0.05) is 19.1 Å². The van der Waals surface area contributed by atoms with Crippen molar-refractivity contribution in [2.75, 3.05) is 46.3 Å². The molecule has 1 unspecified atom stereocenters. The van der Waals surface area contributed by atoms with Crippen LogP contribution < -0.4 is 16.0 Å². The first-order chi connectivity index (χ1) is 14.1. The van der Waals surface area contributed by atoms with Crippen molar-refractivity contribution in [3.05, 3.63) is 35.4 Å². The lowest BCUT2D eigenvalue weighted by Crippen LogP contribution is -2.49. The third-order valence-corrected chi connectivity index (χ3v) is 5.62. The van der Waals surface area contributed by atoms with Crippen LogP contribution in [0.25, 0.3) is 0 Å². The minimum absolute atomic E-state index is 0. The summed E-state index contributed by atoms with van der Waals surface area (Å²) in [5, 5.41) is 9.49. The molecule has 166 valence electrons. The van der Waals surface area contributed by atoms with Gasteiger partial charge in [0.15, 0.2) is 5.96 Å². The maximum absolute atomic E-state index is 12.5. The van der Waals surface area contributed by atoms with Gasteiger partial charge in [-0.25, -0.2) is 0 Å². The van der Waals surface area contributed by atoms with Gasteiger partial charge in [-0.15, -0.1) is 24.0 Å². The number of likely N-dealkylation sites (N-methyl/N-ethyl adjacent to an activating group) is 1. The minimum Gasteiger partial charge on any atom is -0.355 e. The Labute approximate surface area is 195 Å². The molecular formula is C21H33IN6O2. The molecule has 1 aromatic carbocycles. The van der Waals surface area contributed by atoms with Crippen molar-refractivity contribution < 1.29 is 9.59 Å². The molecule has 2 amide bonds. The Kier molecular flexibility index (Phi) is 9.83. The smallest absolute Gasteiger partial charge is 0.254 e. The number of nitrogens with one attached hydrogen (secondary N) is 3. The van der Waals surface area contributed by atoms with Gasteiger partial charge in [-0.05, 0) is 43.6 Å². The summed E-state index contributed by atoms with van der Waals surface area (Å²) in [4.78, 5) is 32.4. The molecule has 2 saturated heterocycles. The number of hydrogen-bond donors (Lipinski definition) is 3. The van der Waals surface area contributed by atoms with E-state index in [1.54, 1.807) is 11.9 Å². The predicted molar refractivity (Wildman–Crippen MR) is 129 cm³/mol. The fourth-order valence-electron chi connectivity index (χ4n) is 3.92. The molecule has 3 N–H and O–H groups in total. The van der Waals surface area contributed by atoms with Crippen LogP contribution in [0.5, 0.6) is 0 Å². The molecule has 0 saturated carbocycles. The van der Waals surface area contributed by atoms with Crippen LogP contribution in [0.15, 0.2) is 29.3 Å². The van der Waals surface area contributed by atoms with E-state index >= 15 is 0 Å². The molecule has 0 aliphatic carbocycles. The number of benzene rings is 1. The number of aliphatic imine (C=N–C) groups is 1. The first-order valence-corrected chi connectivity index (χ1v) is 10.4. The Hall–Kier alpha value is -1.88. The van der Waals surface area contributed by atoms with Crippen LogP contribution in [-0.2, 0) is 11.3 Å². The Morgan fingerprint density at radius 3 is 2.67 bits per heavy atom. The highest BCUT2D eigenvalue weighted by Gasteiger charge is 2.23. The summed E-state index contributed by atoms with van der Waals surface area (Å²) < 4.78 is 0. The molecule has 1 atom stereocenters. The van der Waals surface area contributed by atoms with Crippen molar-refractivity contribution in [1.82, 2.24) is 25.8 Å². The van der Waals surface area contributed by atoms with Crippen molar-refractivity contribution in [3.63, 3.8) is 0 Å². The number of halogens is 1. The zero-order chi connectivity index (χ0) is 20.6. The first-order valence-electron chi connectivity index (χ1n) is 10.4. The van der Waals surface area contributed by atoms with E-state index < -0.39 is 0 Å². The number of rotatable bonds is 6. The van der Waals surface area contributed by atoms with Crippen LogP contribution in [-0.4, -0.2) is 79.9 Å². The topological polar surface area (TPSA) is 89.1 Å². The van der Waals surface area contributed by atoms with Crippen molar-refractivity contribution >= 4 is 41.8 Å². The second-order valence-corrected chi connectivity index (χ2v) is 7.50. The van der Waals surface area contributed by atoms with Gasteiger partial charge in [0.05, 0.1) is 6.54 Å². The van der Waals surface area contributed by atoms with Crippen molar-refractivity contribution in [3.8, 4) is 0 Å². The minimum atomic E-state index is -0.107. The largest absolute Gasteiger partial charge is 0.355 e. The molecule has 2 heterocycles. The van der Waals surface area contributed by atoms with Gasteiger partial charge < -0.3 is 20.9 Å². The van der Waals surface area contributed by atoms with E-state index in [1.165, 1.54) is 19.4 Å². The molecule has 8 nitrogen and oxygen atoms in total. The van der Waals surface area contributed by atoms with Gasteiger partial charge >= 0.3 is 0 Å². The highest BCUT2D eigenvalue weighted by Crippen LogP contribution is 2.15. The highest BCUT2D eigenvalue weighted by atomic mass is 127. The van der Waals surface area contributed by atoms with Gasteiger partial charge in [0.25, 0.3) is 5.91 Å².